The first-order chi connectivity index (χ1) is 19.7. The zero-order chi connectivity index (χ0) is 29.4. The molecule has 0 radical (unpaired) electrons. The summed E-state index contributed by atoms with van der Waals surface area (Å²) >= 11 is 7.48. The van der Waals surface area contributed by atoms with Gasteiger partial charge in [-0.1, -0.05) is 59.6 Å². The van der Waals surface area contributed by atoms with Gasteiger partial charge in [0, 0.05) is 27.4 Å². The maximum atomic E-state index is 14.5. The molecule has 0 aliphatic carbocycles. The highest BCUT2D eigenvalue weighted by atomic mass is 35.5. The van der Waals surface area contributed by atoms with Crippen molar-refractivity contribution in [3.63, 3.8) is 0 Å². The maximum absolute atomic E-state index is 14.5. The number of hydrogen-bond donors (Lipinski definition) is 3. The molecule has 208 valence electrons. The SMILES string of the molecule is Cc1ccc(NC(=O)CSc2cccc(NC(=O)/C(=C\c3c(F)cccc3Cl)NC(=O)c3ccccc3)c2)c(C)c1. The van der Waals surface area contributed by atoms with E-state index >= 15 is 0 Å². The minimum Gasteiger partial charge on any atom is -0.325 e. The summed E-state index contributed by atoms with van der Waals surface area (Å²) in [6, 6.07) is 25.2. The molecule has 0 unspecified atom stereocenters. The standard InChI is InChI=1S/C32H27ClFN3O3S/c1-20-14-15-28(21(2)16-20)36-30(38)19-41-24-11-6-10-23(17-24)35-32(40)29(18-25-26(33)12-7-13-27(25)34)37-31(39)22-8-4-3-5-9-22/h3-18H,19H2,1-2H3,(H,35,40)(H,36,38)(H,37,39)/b29-18+. The largest absolute Gasteiger partial charge is 0.325 e. The van der Waals surface area contributed by atoms with Crippen LogP contribution >= 0.6 is 23.4 Å². The summed E-state index contributed by atoms with van der Waals surface area (Å²) in [6.45, 7) is 3.93. The summed E-state index contributed by atoms with van der Waals surface area (Å²) in [5.74, 6) is -1.86. The Labute approximate surface area is 247 Å². The molecule has 3 N–H and O–H groups in total. The van der Waals surface area contributed by atoms with E-state index < -0.39 is 17.6 Å². The highest BCUT2D eigenvalue weighted by Gasteiger charge is 2.17. The second-order valence-corrected chi connectivity index (χ2v) is 10.6. The van der Waals surface area contributed by atoms with E-state index in [4.69, 9.17) is 11.6 Å². The van der Waals surface area contributed by atoms with Gasteiger partial charge >= 0.3 is 0 Å². The van der Waals surface area contributed by atoms with E-state index in [-0.39, 0.29) is 27.9 Å². The van der Waals surface area contributed by atoms with Gasteiger partial charge in [-0.2, -0.15) is 0 Å². The second-order valence-electron chi connectivity index (χ2n) is 9.15. The Hall–Kier alpha value is -4.40. The number of halogens is 2. The Balaban J connectivity index is 1.48. The molecule has 4 aromatic rings. The molecule has 0 heterocycles. The third kappa shape index (κ3) is 8.30. The molecule has 9 heteroatoms. The average molecular weight is 588 g/mol. The summed E-state index contributed by atoms with van der Waals surface area (Å²) < 4.78 is 14.5. The molecular weight excluding hydrogens is 561 g/mol. The van der Waals surface area contributed by atoms with Crippen molar-refractivity contribution >= 4 is 58.5 Å². The lowest BCUT2D eigenvalue weighted by Gasteiger charge is -2.13. The van der Waals surface area contributed by atoms with Crippen LogP contribution in [-0.4, -0.2) is 23.5 Å². The van der Waals surface area contributed by atoms with Gasteiger partial charge in [0.25, 0.3) is 11.8 Å². The Morgan fingerprint density at radius 2 is 1.63 bits per heavy atom. The molecule has 0 aliphatic heterocycles. The van der Waals surface area contributed by atoms with Crippen molar-refractivity contribution in [1.29, 1.82) is 0 Å². The molecule has 4 aromatic carbocycles. The molecule has 0 spiro atoms. The van der Waals surface area contributed by atoms with Gasteiger partial charge in [0.1, 0.15) is 11.5 Å². The van der Waals surface area contributed by atoms with Crippen molar-refractivity contribution in [1.82, 2.24) is 5.32 Å². The lowest BCUT2D eigenvalue weighted by atomic mass is 10.1. The highest BCUT2D eigenvalue weighted by Crippen LogP contribution is 2.25. The number of nitrogens with one attached hydrogen (secondary N) is 3. The van der Waals surface area contributed by atoms with Gasteiger partial charge in [-0.3, -0.25) is 14.4 Å². The number of carbonyl (C=O) groups excluding carboxylic acids is 3. The minimum absolute atomic E-state index is 0.0354. The van der Waals surface area contributed by atoms with Crippen molar-refractivity contribution < 1.29 is 18.8 Å². The number of amides is 3. The normalized spacial score (nSPS) is 11.1. The van der Waals surface area contributed by atoms with E-state index in [0.29, 0.717) is 11.3 Å². The van der Waals surface area contributed by atoms with Gasteiger partial charge in [0.2, 0.25) is 5.91 Å². The Morgan fingerprint density at radius 1 is 0.878 bits per heavy atom. The molecular formula is C32H27ClFN3O3S. The number of aryl methyl sites for hydroxylation is 2. The topological polar surface area (TPSA) is 87.3 Å². The molecule has 0 fully saturated rings. The summed E-state index contributed by atoms with van der Waals surface area (Å²) in [5.41, 5.74) is 3.37. The van der Waals surface area contributed by atoms with Gasteiger partial charge < -0.3 is 16.0 Å². The lowest BCUT2D eigenvalue weighted by Crippen LogP contribution is -2.30. The fourth-order valence-electron chi connectivity index (χ4n) is 3.89. The van der Waals surface area contributed by atoms with E-state index in [1.54, 1.807) is 48.5 Å². The predicted molar refractivity (Wildman–Crippen MR) is 164 cm³/mol. The third-order valence-electron chi connectivity index (χ3n) is 5.94. The first kappa shape index (κ1) is 29.6. The van der Waals surface area contributed by atoms with Crippen LogP contribution in [0.5, 0.6) is 0 Å². The van der Waals surface area contributed by atoms with Crippen molar-refractivity contribution in [2.75, 3.05) is 16.4 Å². The highest BCUT2D eigenvalue weighted by molar-refractivity contribution is 8.00. The fourth-order valence-corrected chi connectivity index (χ4v) is 4.86. The quantitative estimate of drug-likeness (QED) is 0.142. The lowest BCUT2D eigenvalue weighted by molar-refractivity contribution is -0.114. The van der Waals surface area contributed by atoms with Crippen molar-refractivity contribution in [3.05, 3.63) is 130 Å². The summed E-state index contributed by atoms with van der Waals surface area (Å²) in [6.07, 6.45) is 1.20. The van der Waals surface area contributed by atoms with Gasteiger partial charge in [0.15, 0.2) is 0 Å². The zero-order valence-electron chi connectivity index (χ0n) is 22.3. The molecule has 0 atom stereocenters. The van der Waals surface area contributed by atoms with Crippen molar-refractivity contribution in [3.8, 4) is 0 Å². The molecule has 0 bridgehead atoms. The molecule has 3 amide bonds. The van der Waals surface area contributed by atoms with E-state index in [2.05, 4.69) is 16.0 Å². The Bertz CT molecular complexity index is 1610. The van der Waals surface area contributed by atoms with Crippen LogP contribution in [0.4, 0.5) is 15.8 Å². The van der Waals surface area contributed by atoms with E-state index in [0.717, 1.165) is 21.7 Å². The smallest absolute Gasteiger partial charge is 0.272 e. The summed E-state index contributed by atoms with van der Waals surface area (Å²) in [7, 11) is 0. The molecule has 41 heavy (non-hydrogen) atoms. The summed E-state index contributed by atoms with van der Waals surface area (Å²) in [5, 5.41) is 8.31. The number of hydrogen-bond acceptors (Lipinski definition) is 4. The Kier molecular flexibility index (Phi) is 9.95. The molecule has 0 saturated carbocycles. The first-order valence-electron chi connectivity index (χ1n) is 12.6. The van der Waals surface area contributed by atoms with Crippen molar-refractivity contribution in [2.24, 2.45) is 0 Å². The number of carbonyl (C=O) groups is 3. The second kappa shape index (κ2) is 13.8. The molecule has 0 saturated heterocycles. The van der Waals surface area contributed by atoms with Gasteiger partial charge in [-0.05, 0) is 74.0 Å². The summed E-state index contributed by atoms with van der Waals surface area (Å²) in [4.78, 5) is 39.4. The molecule has 4 rings (SSSR count). The van der Waals surface area contributed by atoms with Crippen molar-refractivity contribution in [2.45, 2.75) is 18.7 Å². The zero-order valence-corrected chi connectivity index (χ0v) is 23.9. The number of anilines is 2. The number of rotatable bonds is 9. The Morgan fingerprint density at radius 3 is 2.37 bits per heavy atom. The number of benzene rings is 4. The van der Waals surface area contributed by atoms with Crippen LogP contribution in [0.2, 0.25) is 5.02 Å². The van der Waals surface area contributed by atoms with Gasteiger partial charge in [-0.15, -0.1) is 11.8 Å². The van der Waals surface area contributed by atoms with Crippen LogP contribution in [0.25, 0.3) is 6.08 Å². The predicted octanol–water partition coefficient (Wildman–Crippen LogP) is 7.24. The van der Waals surface area contributed by atoms with Gasteiger partial charge in [-0.25, -0.2) is 4.39 Å². The fraction of sp³-hybridized carbons (Fsp3) is 0.0938. The van der Waals surface area contributed by atoms with Crippen LogP contribution in [0.1, 0.15) is 27.0 Å². The van der Waals surface area contributed by atoms with E-state index in [1.165, 1.54) is 36.0 Å². The average Bonchev–Trinajstić information content (AvgIpc) is 2.95. The van der Waals surface area contributed by atoms with Crippen LogP contribution in [0.15, 0.2) is 102 Å². The van der Waals surface area contributed by atoms with Gasteiger partial charge in [0.05, 0.1) is 10.8 Å². The third-order valence-corrected chi connectivity index (χ3v) is 7.26. The van der Waals surface area contributed by atoms with Crippen LogP contribution in [0.3, 0.4) is 0 Å². The molecule has 0 aliphatic rings. The van der Waals surface area contributed by atoms with Crippen LogP contribution < -0.4 is 16.0 Å². The molecule has 0 aromatic heterocycles. The molecule has 6 nitrogen and oxygen atoms in total. The minimum atomic E-state index is -0.677. The monoisotopic (exact) mass is 587 g/mol. The number of thioether (sulfide) groups is 1. The van der Waals surface area contributed by atoms with E-state index in [9.17, 15) is 18.8 Å². The maximum Gasteiger partial charge on any atom is 0.272 e. The van der Waals surface area contributed by atoms with Crippen LogP contribution in [-0.2, 0) is 9.59 Å². The first-order valence-corrected chi connectivity index (χ1v) is 14.0. The van der Waals surface area contributed by atoms with Crippen LogP contribution in [0, 0.1) is 19.7 Å². The van der Waals surface area contributed by atoms with E-state index in [1.807, 2.05) is 38.1 Å².